The SMILES string of the molecule is C=C(C)C(=O)NC(C)(C)[Si](C)(C)C(C)(C)C. The molecule has 0 saturated heterocycles. The van der Waals surface area contributed by atoms with Crippen LogP contribution in [0.4, 0.5) is 0 Å². The number of hydrogen-bond acceptors (Lipinski definition) is 1. The van der Waals surface area contributed by atoms with Gasteiger partial charge in [-0.25, -0.2) is 0 Å². The van der Waals surface area contributed by atoms with Gasteiger partial charge in [0.25, 0.3) is 0 Å². The number of hydrogen-bond donors (Lipinski definition) is 1. The molecule has 0 fully saturated rings. The Morgan fingerprint density at radius 1 is 1.12 bits per heavy atom. The molecule has 0 aromatic carbocycles. The highest BCUT2D eigenvalue weighted by Gasteiger charge is 2.48. The Hall–Kier alpha value is -0.573. The molecule has 0 rings (SSSR count). The van der Waals surface area contributed by atoms with Crippen LogP contribution in [0.2, 0.25) is 18.1 Å². The molecule has 0 aromatic rings. The monoisotopic (exact) mass is 241 g/mol. The Morgan fingerprint density at radius 3 is 1.75 bits per heavy atom. The van der Waals surface area contributed by atoms with Crippen LogP contribution in [-0.4, -0.2) is 19.1 Å². The maximum atomic E-state index is 11.7. The van der Waals surface area contributed by atoms with Crippen molar-refractivity contribution in [2.75, 3.05) is 0 Å². The summed E-state index contributed by atoms with van der Waals surface area (Å²) in [5, 5.41) is 3.24. The van der Waals surface area contributed by atoms with Crippen molar-refractivity contribution in [1.29, 1.82) is 0 Å². The highest BCUT2D eigenvalue weighted by Crippen LogP contribution is 2.42. The molecule has 0 atom stereocenters. The Kier molecular flexibility index (Phi) is 4.20. The predicted molar refractivity (Wildman–Crippen MR) is 74.2 cm³/mol. The van der Waals surface area contributed by atoms with E-state index in [1.54, 1.807) is 6.92 Å². The summed E-state index contributed by atoms with van der Waals surface area (Å²) in [5.41, 5.74) is 0.576. The quantitative estimate of drug-likeness (QED) is 0.594. The third kappa shape index (κ3) is 2.97. The van der Waals surface area contributed by atoms with Gasteiger partial charge in [-0.15, -0.1) is 0 Å². The van der Waals surface area contributed by atoms with Crippen molar-refractivity contribution in [2.24, 2.45) is 0 Å². The highest BCUT2D eigenvalue weighted by atomic mass is 28.3. The van der Waals surface area contributed by atoms with Crippen LogP contribution in [-0.2, 0) is 4.79 Å². The topological polar surface area (TPSA) is 29.1 Å². The van der Waals surface area contributed by atoms with Crippen molar-refractivity contribution in [3.05, 3.63) is 12.2 Å². The van der Waals surface area contributed by atoms with Gasteiger partial charge in [0.1, 0.15) is 0 Å². The molecule has 0 aliphatic heterocycles. The zero-order valence-corrected chi connectivity index (χ0v) is 13.1. The third-order valence-corrected chi connectivity index (χ3v) is 11.3. The van der Waals surface area contributed by atoms with Gasteiger partial charge in [-0.3, -0.25) is 4.79 Å². The fourth-order valence-corrected chi connectivity index (χ4v) is 3.79. The smallest absolute Gasteiger partial charge is 0.246 e. The van der Waals surface area contributed by atoms with E-state index >= 15 is 0 Å². The lowest BCUT2D eigenvalue weighted by Crippen LogP contribution is -2.65. The first kappa shape index (κ1) is 15.4. The Balaban J connectivity index is 5.06. The molecule has 0 aliphatic carbocycles. The Morgan fingerprint density at radius 2 is 1.50 bits per heavy atom. The van der Waals surface area contributed by atoms with E-state index in [1.165, 1.54) is 0 Å². The average Bonchev–Trinajstić information content (AvgIpc) is 2.00. The first-order valence-corrected chi connectivity index (χ1v) is 8.81. The van der Waals surface area contributed by atoms with Crippen LogP contribution in [0.5, 0.6) is 0 Å². The second-order valence-electron chi connectivity index (χ2n) is 6.73. The molecule has 94 valence electrons. The van der Waals surface area contributed by atoms with E-state index in [4.69, 9.17) is 0 Å². The predicted octanol–water partition coefficient (Wildman–Crippen LogP) is 3.51. The summed E-state index contributed by atoms with van der Waals surface area (Å²) in [6, 6.07) is 0. The molecule has 2 nitrogen and oxygen atoms in total. The first-order chi connectivity index (χ1) is 6.83. The molecule has 1 amide bonds. The summed E-state index contributed by atoms with van der Waals surface area (Å²) in [7, 11) is -1.61. The van der Waals surface area contributed by atoms with Crippen LogP contribution in [0.3, 0.4) is 0 Å². The summed E-state index contributed by atoms with van der Waals surface area (Å²) in [5.74, 6) is -0.0326. The molecule has 0 spiro atoms. The fraction of sp³-hybridized carbons (Fsp3) is 0.769. The minimum atomic E-state index is -1.61. The molecule has 3 heteroatoms. The van der Waals surface area contributed by atoms with E-state index in [9.17, 15) is 4.79 Å². The van der Waals surface area contributed by atoms with Gasteiger partial charge < -0.3 is 5.32 Å². The van der Waals surface area contributed by atoms with E-state index < -0.39 is 8.07 Å². The van der Waals surface area contributed by atoms with Gasteiger partial charge in [-0.2, -0.15) is 0 Å². The maximum absolute atomic E-state index is 11.7. The molecule has 0 bridgehead atoms. The summed E-state index contributed by atoms with van der Waals surface area (Å²) < 4.78 is 0. The van der Waals surface area contributed by atoms with Gasteiger partial charge in [0, 0.05) is 10.7 Å². The van der Waals surface area contributed by atoms with E-state index in [0.29, 0.717) is 5.57 Å². The standard InChI is InChI=1S/C13H27NOSi/c1-10(2)11(15)14-13(6,7)16(8,9)12(3,4)5/h1H2,2-9H3,(H,14,15). The van der Waals surface area contributed by atoms with Gasteiger partial charge in [0.15, 0.2) is 0 Å². The van der Waals surface area contributed by atoms with E-state index in [2.05, 4.69) is 59.6 Å². The molecule has 0 unspecified atom stereocenters. The average molecular weight is 241 g/mol. The Labute approximate surface area is 102 Å². The number of rotatable bonds is 3. The van der Waals surface area contributed by atoms with Crippen molar-refractivity contribution in [1.82, 2.24) is 5.32 Å². The maximum Gasteiger partial charge on any atom is 0.246 e. The Bertz CT molecular complexity index is 298. The summed E-state index contributed by atoms with van der Waals surface area (Å²) in [6.07, 6.45) is 0. The van der Waals surface area contributed by atoms with Crippen molar-refractivity contribution in [3.8, 4) is 0 Å². The van der Waals surface area contributed by atoms with Gasteiger partial charge >= 0.3 is 0 Å². The lowest BCUT2D eigenvalue weighted by molar-refractivity contribution is -0.118. The summed E-state index contributed by atoms with van der Waals surface area (Å²) >= 11 is 0. The number of carbonyl (C=O) groups excluding carboxylic acids is 1. The van der Waals surface area contributed by atoms with Crippen molar-refractivity contribution < 1.29 is 4.79 Å². The lowest BCUT2D eigenvalue weighted by Gasteiger charge is -2.49. The molecule has 0 radical (unpaired) electrons. The van der Waals surface area contributed by atoms with Crippen LogP contribution in [0.25, 0.3) is 0 Å². The van der Waals surface area contributed by atoms with Crippen molar-refractivity contribution in [2.45, 2.75) is 64.8 Å². The normalized spacial score (nSPS) is 13.5. The molecule has 16 heavy (non-hydrogen) atoms. The van der Waals surface area contributed by atoms with Crippen LogP contribution in [0, 0.1) is 0 Å². The van der Waals surface area contributed by atoms with Crippen LogP contribution >= 0.6 is 0 Å². The van der Waals surface area contributed by atoms with Gasteiger partial charge in [-0.05, 0) is 25.8 Å². The lowest BCUT2D eigenvalue weighted by atomic mass is 10.2. The molecule has 1 N–H and O–H groups in total. The minimum absolute atomic E-state index is 0.0326. The third-order valence-electron chi connectivity index (χ3n) is 4.25. The minimum Gasteiger partial charge on any atom is -0.350 e. The number of nitrogens with one attached hydrogen (secondary N) is 1. The molecule has 0 aromatic heterocycles. The zero-order chi connectivity index (χ0) is 13.4. The number of amides is 1. The summed E-state index contributed by atoms with van der Waals surface area (Å²) in [4.78, 5) is 11.7. The molecule has 0 heterocycles. The molecular weight excluding hydrogens is 214 g/mol. The second kappa shape index (κ2) is 4.36. The van der Waals surface area contributed by atoms with Gasteiger partial charge in [-0.1, -0.05) is 40.4 Å². The second-order valence-corrected chi connectivity index (χ2v) is 12.7. The van der Waals surface area contributed by atoms with E-state index in [0.717, 1.165) is 0 Å². The van der Waals surface area contributed by atoms with Gasteiger partial charge in [0.2, 0.25) is 5.91 Å². The van der Waals surface area contributed by atoms with E-state index in [-0.39, 0.29) is 16.1 Å². The molecule has 0 saturated carbocycles. The molecule has 0 aliphatic rings. The molecular formula is C13H27NOSi. The largest absolute Gasteiger partial charge is 0.350 e. The van der Waals surface area contributed by atoms with Crippen LogP contribution in [0.15, 0.2) is 12.2 Å². The van der Waals surface area contributed by atoms with E-state index in [1.807, 2.05) is 0 Å². The van der Waals surface area contributed by atoms with Crippen LogP contribution in [0.1, 0.15) is 41.5 Å². The number of carbonyl (C=O) groups is 1. The van der Waals surface area contributed by atoms with Crippen molar-refractivity contribution >= 4 is 14.0 Å². The highest BCUT2D eigenvalue weighted by molar-refractivity contribution is 6.83. The first-order valence-electron chi connectivity index (χ1n) is 5.81. The zero-order valence-electron chi connectivity index (χ0n) is 12.1. The van der Waals surface area contributed by atoms with Gasteiger partial charge in [0.05, 0.1) is 8.07 Å². The fourth-order valence-electron chi connectivity index (χ4n) is 1.48. The van der Waals surface area contributed by atoms with Crippen LogP contribution < -0.4 is 5.32 Å². The van der Waals surface area contributed by atoms with Crippen molar-refractivity contribution in [3.63, 3.8) is 0 Å². The summed E-state index contributed by atoms with van der Waals surface area (Å²) in [6.45, 7) is 21.1.